The number of nitro benzene ring substituents is 1. The fourth-order valence-electron chi connectivity index (χ4n) is 1.94. The van der Waals surface area contributed by atoms with Gasteiger partial charge in [0.25, 0.3) is 5.69 Å². The number of hydrogen-bond acceptors (Lipinski definition) is 4. The maximum atomic E-state index is 13.7. The van der Waals surface area contributed by atoms with Crippen LogP contribution in [-0.2, 0) is 0 Å². The van der Waals surface area contributed by atoms with E-state index in [1.807, 2.05) is 6.92 Å². The molecule has 6 heteroatoms. The lowest BCUT2D eigenvalue weighted by Crippen LogP contribution is -2.08. The van der Waals surface area contributed by atoms with Crippen LogP contribution in [0.25, 0.3) is 0 Å². The quantitative estimate of drug-likeness (QED) is 0.669. The lowest BCUT2D eigenvalue weighted by molar-refractivity contribution is -0.384. The number of non-ortho nitro benzene ring substituents is 1. The van der Waals surface area contributed by atoms with Gasteiger partial charge in [0.1, 0.15) is 11.6 Å². The second-order valence-electron chi connectivity index (χ2n) is 4.56. The van der Waals surface area contributed by atoms with Gasteiger partial charge in [-0.3, -0.25) is 10.1 Å². The number of benzene rings is 2. The number of rotatable bonds is 5. The van der Waals surface area contributed by atoms with Gasteiger partial charge in [-0.25, -0.2) is 4.39 Å². The topological polar surface area (TPSA) is 64.4 Å². The summed E-state index contributed by atoms with van der Waals surface area (Å²) in [5.74, 6) is 0.166. The minimum Gasteiger partial charge on any atom is -0.497 e. The molecule has 2 aromatic rings. The number of nitrogens with one attached hydrogen (secondary N) is 1. The number of hydrogen-bond donors (Lipinski definition) is 1. The van der Waals surface area contributed by atoms with E-state index in [1.165, 1.54) is 31.4 Å². The SMILES string of the molecule is COc1ccc(F)c(NC(C)c2ccc([N+](=O)[O-])cc2)c1. The van der Waals surface area contributed by atoms with E-state index in [9.17, 15) is 14.5 Å². The third kappa shape index (κ3) is 3.47. The second-order valence-corrected chi connectivity index (χ2v) is 4.56. The monoisotopic (exact) mass is 290 g/mol. The number of anilines is 1. The normalized spacial score (nSPS) is 11.8. The lowest BCUT2D eigenvalue weighted by Gasteiger charge is -2.16. The van der Waals surface area contributed by atoms with Crippen LogP contribution in [0.3, 0.4) is 0 Å². The van der Waals surface area contributed by atoms with Crippen LogP contribution in [-0.4, -0.2) is 12.0 Å². The fourth-order valence-corrected chi connectivity index (χ4v) is 1.94. The van der Waals surface area contributed by atoms with Gasteiger partial charge in [-0.2, -0.15) is 0 Å². The van der Waals surface area contributed by atoms with Gasteiger partial charge < -0.3 is 10.1 Å². The van der Waals surface area contributed by atoms with Crippen LogP contribution in [0.1, 0.15) is 18.5 Å². The molecular weight excluding hydrogens is 275 g/mol. The Labute approximate surface area is 121 Å². The average molecular weight is 290 g/mol. The van der Waals surface area contributed by atoms with Crippen LogP contribution in [0.2, 0.25) is 0 Å². The van der Waals surface area contributed by atoms with E-state index >= 15 is 0 Å². The molecule has 1 atom stereocenters. The zero-order valence-corrected chi connectivity index (χ0v) is 11.7. The molecule has 0 amide bonds. The number of nitro groups is 1. The highest BCUT2D eigenvalue weighted by molar-refractivity contribution is 5.51. The van der Waals surface area contributed by atoms with Gasteiger partial charge >= 0.3 is 0 Å². The number of ether oxygens (including phenoxy) is 1. The summed E-state index contributed by atoms with van der Waals surface area (Å²) < 4.78 is 18.8. The Morgan fingerprint density at radius 2 is 1.90 bits per heavy atom. The molecule has 0 aliphatic rings. The molecule has 110 valence electrons. The Balaban J connectivity index is 2.17. The molecule has 21 heavy (non-hydrogen) atoms. The van der Waals surface area contributed by atoms with Gasteiger partial charge in [0.15, 0.2) is 0 Å². The van der Waals surface area contributed by atoms with Crippen LogP contribution >= 0.6 is 0 Å². The molecule has 1 N–H and O–H groups in total. The molecule has 0 bridgehead atoms. The van der Waals surface area contributed by atoms with Crippen molar-refractivity contribution in [3.8, 4) is 5.75 Å². The van der Waals surface area contributed by atoms with E-state index in [0.29, 0.717) is 11.4 Å². The molecule has 2 rings (SSSR count). The first-order valence-corrected chi connectivity index (χ1v) is 6.35. The van der Waals surface area contributed by atoms with Crippen molar-refractivity contribution in [2.45, 2.75) is 13.0 Å². The summed E-state index contributed by atoms with van der Waals surface area (Å²) in [7, 11) is 1.51. The standard InChI is InChI=1S/C15H15FN2O3/c1-10(11-3-5-12(6-4-11)18(19)20)17-15-9-13(21-2)7-8-14(15)16/h3-10,17H,1-2H3. The van der Waals surface area contributed by atoms with E-state index in [4.69, 9.17) is 4.74 Å². The number of methoxy groups -OCH3 is 1. The summed E-state index contributed by atoms with van der Waals surface area (Å²) in [4.78, 5) is 10.2. The molecule has 0 fully saturated rings. The smallest absolute Gasteiger partial charge is 0.269 e. The van der Waals surface area contributed by atoms with Gasteiger partial charge in [-0.15, -0.1) is 0 Å². The summed E-state index contributed by atoms with van der Waals surface area (Å²) in [5, 5.41) is 13.6. The Morgan fingerprint density at radius 3 is 2.48 bits per heavy atom. The van der Waals surface area contributed by atoms with Gasteiger partial charge in [0.05, 0.1) is 17.7 Å². The van der Waals surface area contributed by atoms with Crippen molar-refractivity contribution in [3.63, 3.8) is 0 Å². The maximum Gasteiger partial charge on any atom is 0.269 e. The summed E-state index contributed by atoms with van der Waals surface area (Å²) in [6, 6.07) is 10.4. The Kier molecular flexibility index (Phi) is 4.37. The lowest BCUT2D eigenvalue weighted by atomic mass is 10.1. The minimum absolute atomic E-state index is 0.0264. The zero-order valence-electron chi connectivity index (χ0n) is 11.7. The van der Waals surface area contributed by atoms with Gasteiger partial charge in [-0.1, -0.05) is 12.1 Å². The van der Waals surface area contributed by atoms with Crippen molar-refractivity contribution >= 4 is 11.4 Å². The third-order valence-corrected chi connectivity index (χ3v) is 3.15. The Bertz CT molecular complexity index is 644. The van der Waals surface area contributed by atoms with Crippen LogP contribution in [0.5, 0.6) is 5.75 Å². The second kappa shape index (κ2) is 6.21. The van der Waals surface area contributed by atoms with Gasteiger partial charge in [-0.05, 0) is 24.6 Å². The van der Waals surface area contributed by atoms with Crippen molar-refractivity contribution in [3.05, 3.63) is 64.0 Å². The molecule has 1 unspecified atom stereocenters. The fraction of sp³-hybridized carbons (Fsp3) is 0.200. The van der Waals surface area contributed by atoms with Crippen LogP contribution in [0, 0.1) is 15.9 Å². The maximum absolute atomic E-state index is 13.7. The van der Waals surface area contributed by atoms with E-state index in [1.54, 1.807) is 18.2 Å². The molecule has 2 aromatic carbocycles. The molecule has 0 spiro atoms. The third-order valence-electron chi connectivity index (χ3n) is 3.15. The predicted molar refractivity (Wildman–Crippen MR) is 78.1 cm³/mol. The van der Waals surface area contributed by atoms with E-state index < -0.39 is 4.92 Å². The van der Waals surface area contributed by atoms with Crippen molar-refractivity contribution < 1.29 is 14.1 Å². The first-order chi connectivity index (χ1) is 10.0. The van der Waals surface area contributed by atoms with Crippen molar-refractivity contribution in [1.29, 1.82) is 0 Å². The summed E-state index contributed by atoms with van der Waals surface area (Å²) in [6.07, 6.45) is 0. The highest BCUT2D eigenvalue weighted by Crippen LogP contribution is 2.26. The number of nitrogens with zero attached hydrogens (tertiary/aromatic N) is 1. The average Bonchev–Trinajstić information content (AvgIpc) is 2.49. The largest absolute Gasteiger partial charge is 0.497 e. The first kappa shape index (κ1) is 14.8. The molecule has 0 saturated carbocycles. The zero-order chi connectivity index (χ0) is 15.4. The molecule has 0 heterocycles. The van der Waals surface area contributed by atoms with Crippen LogP contribution in [0.15, 0.2) is 42.5 Å². The minimum atomic E-state index is -0.455. The molecular formula is C15H15FN2O3. The molecule has 0 aromatic heterocycles. The number of halogens is 1. The predicted octanol–water partition coefficient (Wildman–Crippen LogP) is 3.92. The van der Waals surface area contributed by atoms with Crippen molar-refractivity contribution in [2.75, 3.05) is 12.4 Å². The van der Waals surface area contributed by atoms with E-state index in [0.717, 1.165) is 5.56 Å². The van der Waals surface area contributed by atoms with Crippen LogP contribution < -0.4 is 10.1 Å². The van der Waals surface area contributed by atoms with Gasteiger partial charge in [0.2, 0.25) is 0 Å². The Hall–Kier alpha value is -2.63. The van der Waals surface area contributed by atoms with Crippen LogP contribution in [0.4, 0.5) is 15.8 Å². The molecule has 0 aliphatic carbocycles. The molecule has 0 saturated heterocycles. The summed E-state index contributed by atoms with van der Waals surface area (Å²) in [5.41, 5.74) is 1.17. The molecule has 5 nitrogen and oxygen atoms in total. The summed E-state index contributed by atoms with van der Waals surface area (Å²) in [6.45, 7) is 1.85. The van der Waals surface area contributed by atoms with Crippen molar-refractivity contribution in [2.24, 2.45) is 0 Å². The Morgan fingerprint density at radius 1 is 1.24 bits per heavy atom. The highest BCUT2D eigenvalue weighted by Gasteiger charge is 2.11. The molecule has 0 radical (unpaired) electrons. The summed E-state index contributed by atoms with van der Waals surface area (Å²) >= 11 is 0. The van der Waals surface area contributed by atoms with Gasteiger partial charge in [0, 0.05) is 24.2 Å². The first-order valence-electron chi connectivity index (χ1n) is 6.35. The van der Waals surface area contributed by atoms with E-state index in [2.05, 4.69) is 5.32 Å². The van der Waals surface area contributed by atoms with Crippen molar-refractivity contribution in [1.82, 2.24) is 0 Å². The highest BCUT2D eigenvalue weighted by atomic mass is 19.1. The molecule has 0 aliphatic heterocycles. The van der Waals surface area contributed by atoms with E-state index in [-0.39, 0.29) is 17.5 Å².